The molecule has 0 aromatic heterocycles. The highest BCUT2D eigenvalue weighted by Gasteiger charge is 2.15. The Bertz CT molecular complexity index is 739. The number of anilines is 3. The first-order chi connectivity index (χ1) is 16.4. The fraction of sp³-hybridized carbons (Fsp3) is 0.438. The average molecular weight is 450 g/mol. The molecule has 4 rings (SSSR count). The molecule has 0 unspecified atom stereocenters. The van der Waals surface area contributed by atoms with E-state index in [-0.39, 0.29) is 0 Å². The van der Waals surface area contributed by atoms with E-state index in [9.17, 15) is 0 Å². The molecule has 1 aliphatic rings. The van der Waals surface area contributed by atoms with Crippen LogP contribution in [0.5, 0.6) is 0 Å². The summed E-state index contributed by atoms with van der Waals surface area (Å²) in [5.41, 5.74) is 6.71. The highest BCUT2D eigenvalue weighted by Crippen LogP contribution is 2.36. The SMILES string of the molecule is CC.CC.CC.CC.CC.c1ccc(N(c2ccccc2)c2ccc3c(c2)CCCC3)cc1. The Labute approximate surface area is 206 Å². The van der Waals surface area contributed by atoms with Crippen LogP contribution in [0.25, 0.3) is 0 Å². The molecule has 1 aliphatic carbocycles. The van der Waals surface area contributed by atoms with Crippen molar-refractivity contribution in [2.75, 3.05) is 4.90 Å². The smallest absolute Gasteiger partial charge is 0.0464 e. The lowest BCUT2D eigenvalue weighted by molar-refractivity contribution is 0.685. The maximum Gasteiger partial charge on any atom is 0.0464 e. The number of rotatable bonds is 3. The molecule has 0 aliphatic heterocycles. The molecule has 0 radical (unpaired) electrons. The molecule has 0 bridgehead atoms. The minimum atomic E-state index is 1.20. The van der Waals surface area contributed by atoms with Crippen LogP contribution in [0.1, 0.15) is 93.2 Å². The maximum atomic E-state index is 2.38. The van der Waals surface area contributed by atoms with E-state index in [2.05, 4.69) is 83.8 Å². The molecule has 1 heteroatoms. The second-order valence-electron chi connectivity index (χ2n) is 6.17. The number of benzene rings is 3. The summed E-state index contributed by atoms with van der Waals surface area (Å²) in [7, 11) is 0. The van der Waals surface area contributed by atoms with E-state index in [1.165, 1.54) is 53.9 Å². The molecular formula is C32H51N. The first kappa shape index (κ1) is 32.6. The molecule has 0 fully saturated rings. The van der Waals surface area contributed by atoms with Crippen LogP contribution in [0.3, 0.4) is 0 Å². The molecule has 3 aromatic rings. The van der Waals surface area contributed by atoms with Gasteiger partial charge in [0.1, 0.15) is 0 Å². The summed E-state index contributed by atoms with van der Waals surface area (Å²) in [4.78, 5) is 2.34. The Hall–Kier alpha value is -2.54. The second-order valence-corrected chi connectivity index (χ2v) is 6.17. The van der Waals surface area contributed by atoms with Gasteiger partial charge in [0, 0.05) is 17.1 Å². The van der Waals surface area contributed by atoms with Crippen molar-refractivity contribution in [1.82, 2.24) is 0 Å². The van der Waals surface area contributed by atoms with Gasteiger partial charge in [-0.25, -0.2) is 0 Å². The van der Waals surface area contributed by atoms with Crippen LogP contribution < -0.4 is 4.90 Å². The third-order valence-corrected chi connectivity index (χ3v) is 4.62. The Kier molecular flexibility index (Phi) is 22.4. The van der Waals surface area contributed by atoms with Crippen LogP contribution in [-0.2, 0) is 12.8 Å². The van der Waals surface area contributed by atoms with E-state index >= 15 is 0 Å². The van der Waals surface area contributed by atoms with E-state index < -0.39 is 0 Å². The predicted octanol–water partition coefficient (Wildman–Crippen LogP) is 11.2. The molecule has 0 saturated heterocycles. The van der Waals surface area contributed by atoms with Gasteiger partial charge in [0.2, 0.25) is 0 Å². The molecule has 1 nitrogen and oxygen atoms in total. The lowest BCUT2D eigenvalue weighted by Gasteiger charge is -2.27. The summed E-state index contributed by atoms with van der Waals surface area (Å²) < 4.78 is 0. The van der Waals surface area contributed by atoms with Crippen molar-refractivity contribution in [1.29, 1.82) is 0 Å². The number of hydrogen-bond acceptors (Lipinski definition) is 1. The Balaban J connectivity index is 0. The minimum absolute atomic E-state index is 1.20. The molecule has 0 spiro atoms. The zero-order valence-corrected chi connectivity index (χ0v) is 23.3. The van der Waals surface area contributed by atoms with Crippen LogP contribution in [-0.4, -0.2) is 0 Å². The van der Waals surface area contributed by atoms with Crippen molar-refractivity contribution in [3.63, 3.8) is 0 Å². The molecule has 184 valence electrons. The minimum Gasteiger partial charge on any atom is -0.310 e. The number of hydrogen-bond donors (Lipinski definition) is 0. The number of aryl methyl sites for hydroxylation is 2. The van der Waals surface area contributed by atoms with Crippen LogP contribution in [0, 0.1) is 0 Å². The Morgan fingerprint density at radius 2 is 0.818 bits per heavy atom. The summed E-state index contributed by atoms with van der Waals surface area (Å²) in [6.07, 6.45) is 5.08. The summed E-state index contributed by atoms with van der Waals surface area (Å²) >= 11 is 0. The monoisotopic (exact) mass is 449 g/mol. The van der Waals surface area contributed by atoms with Gasteiger partial charge in [-0.05, 0) is 73.2 Å². The topological polar surface area (TPSA) is 3.24 Å². The third-order valence-electron chi connectivity index (χ3n) is 4.62. The van der Waals surface area contributed by atoms with E-state index in [4.69, 9.17) is 0 Å². The molecule has 0 N–H and O–H groups in total. The van der Waals surface area contributed by atoms with Gasteiger partial charge in [-0.2, -0.15) is 0 Å². The van der Waals surface area contributed by atoms with E-state index in [0.717, 1.165) is 0 Å². The molecular weight excluding hydrogens is 398 g/mol. The fourth-order valence-corrected chi connectivity index (χ4v) is 3.46. The molecule has 0 saturated carbocycles. The zero-order chi connectivity index (χ0) is 25.5. The third kappa shape index (κ3) is 10.7. The predicted molar refractivity (Wildman–Crippen MR) is 155 cm³/mol. The first-order valence-electron chi connectivity index (χ1n) is 13.4. The van der Waals surface area contributed by atoms with E-state index in [1.54, 1.807) is 0 Å². The van der Waals surface area contributed by atoms with Crippen molar-refractivity contribution in [3.8, 4) is 0 Å². The summed E-state index contributed by atoms with van der Waals surface area (Å²) in [5.74, 6) is 0. The summed E-state index contributed by atoms with van der Waals surface area (Å²) in [6.45, 7) is 20.0. The van der Waals surface area contributed by atoms with E-state index in [1.807, 2.05) is 69.2 Å². The van der Waals surface area contributed by atoms with Gasteiger partial charge < -0.3 is 4.90 Å². The van der Waals surface area contributed by atoms with Gasteiger partial charge in [-0.3, -0.25) is 0 Å². The summed E-state index contributed by atoms with van der Waals surface area (Å²) in [6, 6.07) is 28.2. The van der Waals surface area contributed by atoms with Gasteiger partial charge in [-0.15, -0.1) is 0 Å². The maximum absolute atomic E-state index is 2.38. The van der Waals surface area contributed by atoms with Crippen LogP contribution in [0.2, 0.25) is 0 Å². The van der Waals surface area contributed by atoms with Crippen LogP contribution in [0.4, 0.5) is 17.1 Å². The van der Waals surface area contributed by atoms with Gasteiger partial charge in [0.25, 0.3) is 0 Å². The van der Waals surface area contributed by atoms with Gasteiger partial charge in [0.05, 0.1) is 0 Å². The first-order valence-corrected chi connectivity index (χ1v) is 13.4. The highest BCUT2D eigenvalue weighted by atomic mass is 15.1. The number of para-hydroxylation sites is 2. The lowest BCUT2D eigenvalue weighted by Crippen LogP contribution is -2.11. The normalized spacial score (nSPS) is 10.2. The lowest BCUT2D eigenvalue weighted by atomic mass is 9.91. The highest BCUT2D eigenvalue weighted by molar-refractivity contribution is 5.76. The quantitative estimate of drug-likeness (QED) is 0.384. The number of nitrogens with zero attached hydrogens (tertiary/aromatic N) is 1. The average Bonchev–Trinajstić information content (AvgIpc) is 2.95. The Morgan fingerprint density at radius 1 is 0.424 bits per heavy atom. The fourth-order valence-electron chi connectivity index (χ4n) is 3.46. The van der Waals surface area contributed by atoms with Gasteiger partial charge in [-0.1, -0.05) is 112 Å². The summed E-state index contributed by atoms with van der Waals surface area (Å²) in [5, 5.41) is 0. The molecule has 33 heavy (non-hydrogen) atoms. The van der Waals surface area contributed by atoms with Gasteiger partial charge in [0.15, 0.2) is 0 Å². The van der Waals surface area contributed by atoms with Crippen molar-refractivity contribution in [2.45, 2.75) is 94.9 Å². The van der Waals surface area contributed by atoms with Crippen molar-refractivity contribution in [3.05, 3.63) is 90.0 Å². The zero-order valence-electron chi connectivity index (χ0n) is 23.3. The van der Waals surface area contributed by atoms with Crippen LogP contribution in [0.15, 0.2) is 78.9 Å². The molecule has 0 atom stereocenters. The van der Waals surface area contributed by atoms with Crippen molar-refractivity contribution >= 4 is 17.1 Å². The standard InChI is InChI=1S/C22H21N.5C2H6/c1-3-11-20(12-4-1)23(21-13-5-2-6-14-21)22-16-15-18-9-7-8-10-19(18)17-22;5*1-2/h1-6,11-17H,7-10H2;5*1-2H3. The van der Waals surface area contributed by atoms with Gasteiger partial charge >= 0.3 is 0 Å². The van der Waals surface area contributed by atoms with E-state index in [0.29, 0.717) is 0 Å². The van der Waals surface area contributed by atoms with Crippen LogP contribution >= 0.6 is 0 Å². The van der Waals surface area contributed by atoms with Crippen molar-refractivity contribution < 1.29 is 0 Å². The molecule has 0 heterocycles. The van der Waals surface area contributed by atoms with Crippen molar-refractivity contribution in [2.24, 2.45) is 0 Å². The second kappa shape index (κ2) is 22.6. The Morgan fingerprint density at radius 3 is 1.24 bits per heavy atom. The number of fused-ring (bicyclic) bond motifs is 1. The molecule has 0 amide bonds. The molecule has 3 aromatic carbocycles. The largest absolute Gasteiger partial charge is 0.310 e.